The van der Waals surface area contributed by atoms with Crippen molar-refractivity contribution in [3.05, 3.63) is 73.0 Å². The monoisotopic (exact) mass is 364 g/mol. The molecule has 1 aliphatic heterocycles. The molecule has 0 atom stereocenters. The maximum atomic E-state index is 4.42. The van der Waals surface area contributed by atoms with Crippen molar-refractivity contribution in [2.45, 2.75) is 27.7 Å². The van der Waals surface area contributed by atoms with E-state index in [-0.39, 0.29) is 0 Å². The van der Waals surface area contributed by atoms with Crippen molar-refractivity contribution in [3.8, 4) is 11.3 Å². The van der Waals surface area contributed by atoms with Crippen LogP contribution in [-0.2, 0) is 7.05 Å². The minimum atomic E-state index is 0.763. The molecule has 0 saturated heterocycles. The summed E-state index contributed by atoms with van der Waals surface area (Å²) in [5.41, 5.74) is 6.34. The number of anilines is 1. The Balaban J connectivity index is 0.000000855. The molecule has 0 spiro atoms. The van der Waals surface area contributed by atoms with Crippen LogP contribution in [0.3, 0.4) is 0 Å². The van der Waals surface area contributed by atoms with Crippen LogP contribution in [-0.4, -0.2) is 28.6 Å². The summed E-state index contributed by atoms with van der Waals surface area (Å²) in [5, 5.41) is 8.67. The molecule has 3 rings (SSSR count). The molecule has 27 heavy (non-hydrogen) atoms. The van der Waals surface area contributed by atoms with Crippen LogP contribution < -0.4 is 4.90 Å². The van der Waals surface area contributed by atoms with Gasteiger partial charge in [-0.1, -0.05) is 88.6 Å². The Morgan fingerprint density at radius 1 is 0.963 bits per heavy atom. The number of aryl methyl sites for hydroxylation is 1. The number of aromatic nitrogens is 3. The Kier molecular flexibility index (Phi) is 9.00. The van der Waals surface area contributed by atoms with Gasteiger partial charge in [-0.15, -0.1) is 5.10 Å². The number of benzene rings is 1. The van der Waals surface area contributed by atoms with Gasteiger partial charge >= 0.3 is 0 Å². The maximum Gasteiger partial charge on any atom is 0.121 e. The number of hydrogen-bond donors (Lipinski definition) is 0. The van der Waals surface area contributed by atoms with E-state index < -0.39 is 0 Å². The fourth-order valence-corrected chi connectivity index (χ4v) is 3.01. The van der Waals surface area contributed by atoms with Crippen molar-refractivity contribution in [1.82, 2.24) is 15.0 Å². The van der Waals surface area contributed by atoms with E-state index in [1.807, 2.05) is 63.7 Å². The molecule has 0 radical (unpaired) electrons. The summed E-state index contributed by atoms with van der Waals surface area (Å²) >= 11 is 0. The third-order valence-corrected chi connectivity index (χ3v) is 4.01. The molecule has 0 bridgehead atoms. The number of nitrogens with zero attached hydrogens (tertiary/aromatic N) is 4. The van der Waals surface area contributed by atoms with Crippen molar-refractivity contribution in [1.29, 1.82) is 0 Å². The summed E-state index contributed by atoms with van der Waals surface area (Å²) in [6, 6.07) is 8.34. The molecule has 4 heteroatoms. The van der Waals surface area contributed by atoms with Gasteiger partial charge in [-0.2, -0.15) is 0 Å². The van der Waals surface area contributed by atoms with E-state index in [4.69, 9.17) is 0 Å². The Morgan fingerprint density at radius 2 is 1.59 bits per heavy atom. The van der Waals surface area contributed by atoms with Crippen LogP contribution in [0.2, 0.25) is 0 Å². The van der Waals surface area contributed by atoms with Crippen LogP contribution in [0.25, 0.3) is 16.8 Å². The van der Waals surface area contributed by atoms with Gasteiger partial charge in [0.2, 0.25) is 0 Å². The standard InChI is InChI=1S/C19H20N4.2C2H6/c1-5-9-14-13-22(3)17-12-8-7-11-16(17)19-18(15(14)10-6-2)20-21-23(19)4;2*1-2/h5-12H,1-2,13H2,3-4H3;2*1-2H3/b14-9-,15-10+;;. The smallest absolute Gasteiger partial charge is 0.121 e. The van der Waals surface area contributed by atoms with E-state index in [1.165, 1.54) is 0 Å². The summed E-state index contributed by atoms with van der Waals surface area (Å²) < 4.78 is 1.83. The second kappa shape index (κ2) is 11.0. The average molecular weight is 365 g/mol. The van der Waals surface area contributed by atoms with Gasteiger partial charge in [0.25, 0.3) is 0 Å². The molecular formula is C23H32N4. The third-order valence-electron chi connectivity index (χ3n) is 4.01. The second-order valence-electron chi connectivity index (χ2n) is 5.53. The van der Waals surface area contributed by atoms with E-state index in [9.17, 15) is 0 Å². The number of allylic oxidation sites excluding steroid dienone is 4. The molecule has 0 unspecified atom stereocenters. The first-order chi connectivity index (χ1) is 13.2. The molecule has 0 fully saturated rings. The topological polar surface area (TPSA) is 34.0 Å². The quantitative estimate of drug-likeness (QED) is 0.689. The molecule has 0 saturated carbocycles. The van der Waals surface area contributed by atoms with Gasteiger partial charge in [0.15, 0.2) is 0 Å². The zero-order chi connectivity index (χ0) is 20.4. The van der Waals surface area contributed by atoms with Crippen LogP contribution in [0.15, 0.2) is 67.3 Å². The first kappa shape index (κ1) is 22.2. The first-order valence-corrected chi connectivity index (χ1v) is 9.52. The third kappa shape index (κ3) is 4.64. The van der Waals surface area contributed by atoms with Crippen molar-refractivity contribution in [3.63, 3.8) is 0 Å². The van der Waals surface area contributed by atoms with E-state index in [0.29, 0.717) is 0 Å². The van der Waals surface area contributed by atoms with Gasteiger partial charge in [-0.05, 0) is 11.6 Å². The Labute approximate surface area is 164 Å². The molecule has 0 aliphatic carbocycles. The van der Waals surface area contributed by atoms with E-state index >= 15 is 0 Å². The predicted molar refractivity (Wildman–Crippen MR) is 119 cm³/mol. The van der Waals surface area contributed by atoms with Gasteiger partial charge in [0.1, 0.15) is 5.69 Å². The van der Waals surface area contributed by atoms with Crippen LogP contribution in [0.1, 0.15) is 33.4 Å². The van der Waals surface area contributed by atoms with Crippen molar-refractivity contribution >= 4 is 11.3 Å². The van der Waals surface area contributed by atoms with Gasteiger partial charge < -0.3 is 4.90 Å². The minimum absolute atomic E-state index is 0.763. The van der Waals surface area contributed by atoms with E-state index in [0.717, 1.165) is 40.3 Å². The molecule has 1 aromatic heterocycles. The second-order valence-corrected chi connectivity index (χ2v) is 5.53. The van der Waals surface area contributed by atoms with Gasteiger partial charge in [0, 0.05) is 37.5 Å². The SMILES string of the molecule is C=C/C=C1/CN(C)c2ccccc2-c2c(nnn2C)/C1=C/C=C.CC.CC. The van der Waals surface area contributed by atoms with Crippen molar-refractivity contribution in [2.24, 2.45) is 7.05 Å². The molecule has 2 heterocycles. The van der Waals surface area contributed by atoms with Crippen LogP contribution in [0, 0.1) is 0 Å². The summed E-state index contributed by atoms with van der Waals surface area (Å²) in [4.78, 5) is 2.23. The number of fused-ring (bicyclic) bond motifs is 3. The first-order valence-electron chi connectivity index (χ1n) is 9.52. The summed E-state index contributed by atoms with van der Waals surface area (Å²) in [5.74, 6) is 0. The molecule has 144 valence electrons. The van der Waals surface area contributed by atoms with Crippen LogP contribution in [0.5, 0.6) is 0 Å². The lowest BCUT2D eigenvalue weighted by Gasteiger charge is -2.27. The predicted octanol–water partition coefficient (Wildman–Crippen LogP) is 5.67. The molecule has 1 aliphatic rings. The lowest BCUT2D eigenvalue weighted by atomic mass is 9.94. The fraction of sp³-hybridized carbons (Fsp3) is 0.304. The molecule has 4 nitrogen and oxygen atoms in total. The lowest BCUT2D eigenvalue weighted by molar-refractivity contribution is 0.720. The number of likely N-dealkylation sites (N-methyl/N-ethyl adjacent to an activating group) is 1. The largest absolute Gasteiger partial charge is 0.370 e. The van der Waals surface area contributed by atoms with Crippen molar-refractivity contribution < 1.29 is 0 Å². The molecular weight excluding hydrogens is 332 g/mol. The molecule has 0 amide bonds. The van der Waals surface area contributed by atoms with Crippen molar-refractivity contribution in [2.75, 3.05) is 18.5 Å². The van der Waals surface area contributed by atoms with E-state index in [1.54, 1.807) is 6.08 Å². The highest BCUT2D eigenvalue weighted by atomic mass is 15.4. The summed E-state index contributed by atoms with van der Waals surface area (Å²) in [6.07, 6.45) is 7.62. The summed E-state index contributed by atoms with van der Waals surface area (Å²) in [7, 11) is 4.02. The Bertz CT molecular complexity index is 825. The highest BCUT2D eigenvalue weighted by molar-refractivity contribution is 5.91. The minimum Gasteiger partial charge on any atom is -0.370 e. The zero-order valence-corrected chi connectivity index (χ0v) is 17.5. The van der Waals surface area contributed by atoms with Gasteiger partial charge in [-0.25, -0.2) is 4.68 Å². The average Bonchev–Trinajstić information content (AvgIpc) is 3.08. The molecule has 0 N–H and O–H groups in total. The zero-order valence-electron chi connectivity index (χ0n) is 17.5. The van der Waals surface area contributed by atoms with Gasteiger partial charge in [0.05, 0.1) is 5.69 Å². The molecule has 2 aromatic rings. The normalized spacial score (nSPS) is 15.3. The highest BCUT2D eigenvalue weighted by Crippen LogP contribution is 2.39. The molecule has 1 aromatic carbocycles. The fourth-order valence-electron chi connectivity index (χ4n) is 3.01. The van der Waals surface area contributed by atoms with E-state index in [2.05, 4.69) is 53.6 Å². The van der Waals surface area contributed by atoms with Crippen LogP contribution in [0.4, 0.5) is 5.69 Å². The lowest BCUT2D eigenvalue weighted by Crippen LogP contribution is -2.23. The highest BCUT2D eigenvalue weighted by Gasteiger charge is 2.25. The number of hydrogen-bond acceptors (Lipinski definition) is 3. The Morgan fingerprint density at radius 3 is 2.22 bits per heavy atom. The van der Waals surface area contributed by atoms with Crippen LogP contribution >= 0.6 is 0 Å². The maximum absolute atomic E-state index is 4.42. The number of para-hydroxylation sites is 1. The Hall–Kier alpha value is -2.88. The summed E-state index contributed by atoms with van der Waals surface area (Å²) in [6.45, 7) is 16.5. The van der Waals surface area contributed by atoms with Gasteiger partial charge in [-0.3, -0.25) is 0 Å². The number of rotatable bonds is 2.